The Morgan fingerprint density at radius 1 is 1.30 bits per heavy atom. The van der Waals surface area contributed by atoms with Crippen molar-refractivity contribution in [2.24, 2.45) is 4.99 Å². The lowest BCUT2D eigenvalue weighted by Gasteiger charge is -1.95. The van der Waals surface area contributed by atoms with Crippen LogP contribution in [0.25, 0.3) is 0 Å². The van der Waals surface area contributed by atoms with E-state index in [-0.39, 0.29) is 0 Å². The van der Waals surface area contributed by atoms with E-state index in [9.17, 15) is 0 Å². The maximum absolute atomic E-state index is 4.18. The molecule has 0 atom stereocenters. The zero-order chi connectivity index (χ0) is 7.40. The van der Waals surface area contributed by atoms with E-state index in [2.05, 4.69) is 18.0 Å². The molecule has 0 aliphatic carbocycles. The van der Waals surface area contributed by atoms with Gasteiger partial charge in [-0.15, -0.1) is 0 Å². The lowest BCUT2D eigenvalue weighted by Crippen LogP contribution is -1.71. The summed E-state index contributed by atoms with van der Waals surface area (Å²) in [4.78, 5) is 4.18. The highest BCUT2D eigenvalue weighted by atomic mass is 14.7. The molecule has 1 nitrogen and oxygen atoms in total. The van der Waals surface area contributed by atoms with Crippen LogP contribution in [0.2, 0.25) is 0 Å². The topological polar surface area (TPSA) is 12.4 Å². The van der Waals surface area contributed by atoms with Gasteiger partial charge in [0.25, 0.3) is 0 Å². The molecule has 1 aromatic rings. The van der Waals surface area contributed by atoms with Gasteiger partial charge in [0.15, 0.2) is 0 Å². The maximum atomic E-state index is 4.18. The van der Waals surface area contributed by atoms with E-state index in [0.29, 0.717) is 0 Å². The third-order valence-corrected chi connectivity index (χ3v) is 1.38. The molecule has 1 aromatic carbocycles. The second-order valence-electron chi connectivity index (χ2n) is 2.17. The van der Waals surface area contributed by atoms with Crippen molar-refractivity contribution in [3.63, 3.8) is 0 Å². The third kappa shape index (κ3) is 1.44. The highest BCUT2D eigenvalue weighted by molar-refractivity contribution is 5.62. The summed E-state index contributed by atoms with van der Waals surface area (Å²) in [6, 6.07) is 8.08. The summed E-state index contributed by atoms with van der Waals surface area (Å²) in [5, 5.41) is 0. The van der Waals surface area contributed by atoms with Crippen LogP contribution in [-0.2, 0) is 0 Å². The van der Waals surface area contributed by atoms with Crippen LogP contribution >= 0.6 is 0 Å². The van der Waals surface area contributed by atoms with Gasteiger partial charge < -0.3 is 0 Å². The summed E-state index contributed by atoms with van der Waals surface area (Å²) in [5.74, 6) is 0. The minimum Gasteiger partial charge on any atom is -0.261 e. The Hall–Kier alpha value is -1.11. The van der Waals surface area contributed by atoms with E-state index in [1.165, 1.54) is 5.56 Å². The molecule has 0 N–H and O–H groups in total. The molecule has 0 unspecified atom stereocenters. The predicted molar refractivity (Wildman–Crippen MR) is 45.0 cm³/mol. The van der Waals surface area contributed by atoms with Gasteiger partial charge in [0.05, 0.1) is 5.69 Å². The van der Waals surface area contributed by atoms with E-state index >= 15 is 0 Å². The summed E-state index contributed by atoms with van der Waals surface area (Å²) in [7, 11) is 0. The number of rotatable bonds is 1. The molecule has 0 radical (unpaired) electrons. The molecular formula is C9H11N. The highest BCUT2D eigenvalue weighted by Gasteiger charge is 1.89. The summed E-state index contributed by atoms with van der Waals surface area (Å²) in [6.07, 6.45) is 1.81. The number of benzene rings is 1. The Labute approximate surface area is 61.4 Å². The van der Waals surface area contributed by atoms with Crippen LogP contribution < -0.4 is 0 Å². The Balaban J connectivity index is 3.03. The SMILES string of the molecule is C/C=N/c1ccccc1C. The Kier molecular flexibility index (Phi) is 2.21. The quantitative estimate of drug-likeness (QED) is 0.522. The maximum Gasteiger partial charge on any atom is 0.0654 e. The van der Waals surface area contributed by atoms with Crippen molar-refractivity contribution < 1.29 is 0 Å². The number of aliphatic imine (C=N–C) groups is 1. The fourth-order valence-corrected chi connectivity index (χ4v) is 0.847. The average molecular weight is 133 g/mol. The number of para-hydroxylation sites is 1. The van der Waals surface area contributed by atoms with Crippen molar-refractivity contribution in [1.29, 1.82) is 0 Å². The molecule has 52 valence electrons. The summed E-state index contributed by atoms with van der Waals surface area (Å²) >= 11 is 0. The third-order valence-electron chi connectivity index (χ3n) is 1.38. The molecule has 0 saturated carbocycles. The molecule has 0 aromatic heterocycles. The first-order chi connectivity index (χ1) is 4.84. The second kappa shape index (κ2) is 3.16. The van der Waals surface area contributed by atoms with E-state index in [0.717, 1.165) is 5.69 Å². The molecule has 10 heavy (non-hydrogen) atoms. The molecular weight excluding hydrogens is 122 g/mol. The molecule has 0 heterocycles. The number of aryl methyl sites for hydroxylation is 1. The summed E-state index contributed by atoms with van der Waals surface area (Å²) < 4.78 is 0. The van der Waals surface area contributed by atoms with Crippen LogP contribution in [0.5, 0.6) is 0 Å². The number of nitrogens with zero attached hydrogens (tertiary/aromatic N) is 1. The monoisotopic (exact) mass is 133 g/mol. The van der Waals surface area contributed by atoms with Crippen molar-refractivity contribution in [2.75, 3.05) is 0 Å². The first kappa shape index (κ1) is 7.00. The molecule has 0 aliphatic rings. The Morgan fingerprint density at radius 3 is 2.60 bits per heavy atom. The van der Waals surface area contributed by atoms with Crippen LogP contribution in [0.4, 0.5) is 5.69 Å². The van der Waals surface area contributed by atoms with Crippen LogP contribution in [0.1, 0.15) is 12.5 Å². The minimum absolute atomic E-state index is 1.06. The van der Waals surface area contributed by atoms with E-state index in [1.807, 2.05) is 31.3 Å². The van der Waals surface area contributed by atoms with Crippen molar-refractivity contribution >= 4 is 11.9 Å². The van der Waals surface area contributed by atoms with Gasteiger partial charge in [-0.25, -0.2) is 0 Å². The molecule has 0 amide bonds. The zero-order valence-corrected chi connectivity index (χ0v) is 6.33. The first-order valence-electron chi connectivity index (χ1n) is 3.39. The highest BCUT2D eigenvalue weighted by Crippen LogP contribution is 2.15. The lowest BCUT2D eigenvalue weighted by molar-refractivity contribution is 1.40. The predicted octanol–water partition coefficient (Wildman–Crippen LogP) is 2.72. The lowest BCUT2D eigenvalue weighted by atomic mass is 10.2. The average Bonchev–Trinajstić information content (AvgIpc) is 1.94. The molecule has 1 heteroatoms. The smallest absolute Gasteiger partial charge is 0.0654 e. The molecule has 0 saturated heterocycles. The molecule has 0 aliphatic heterocycles. The number of hydrogen-bond acceptors (Lipinski definition) is 1. The van der Waals surface area contributed by atoms with Gasteiger partial charge >= 0.3 is 0 Å². The van der Waals surface area contributed by atoms with E-state index < -0.39 is 0 Å². The van der Waals surface area contributed by atoms with Crippen LogP contribution in [0.3, 0.4) is 0 Å². The van der Waals surface area contributed by atoms with Gasteiger partial charge in [-0.1, -0.05) is 18.2 Å². The minimum atomic E-state index is 1.06. The van der Waals surface area contributed by atoms with Gasteiger partial charge in [-0.2, -0.15) is 0 Å². The standard InChI is InChI=1S/C9H11N/c1-3-10-9-7-5-4-6-8(9)2/h3-7H,1-2H3/b10-3+. The van der Waals surface area contributed by atoms with Crippen molar-refractivity contribution in [2.45, 2.75) is 13.8 Å². The normalized spacial score (nSPS) is 10.6. The zero-order valence-electron chi connectivity index (χ0n) is 6.33. The van der Waals surface area contributed by atoms with Crippen LogP contribution in [0, 0.1) is 6.92 Å². The fourth-order valence-electron chi connectivity index (χ4n) is 0.847. The van der Waals surface area contributed by atoms with E-state index in [4.69, 9.17) is 0 Å². The molecule has 0 bridgehead atoms. The Morgan fingerprint density at radius 2 is 2.00 bits per heavy atom. The van der Waals surface area contributed by atoms with Gasteiger partial charge in [-0.05, 0) is 25.5 Å². The number of hydrogen-bond donors (Lipinski definition) is 0. The molecule has 1 rings (SSSR count). The summed E-state index contributed by atoms with van der Waals surface area (Å²) in [5.41, 5.74) is 2.28. The largest absolute Gasteiger partial charge is 0.261 e. The van der Waals surface area contributed by atoms with Gasteiger partial charge in [-0.3, -0.25) is 4.99 Å². The van der Waals surface area contributed by atoms with Crippen molar-refractivity contribution in [3.8, 4) is 0 Å². The Bertz CT molecular complexity index is 238. The van der Waals surface area contributed by atoms with Crippen LogP contribution in [-0.4, -0.2) is 6.21 Å². The second-order valence-corrected chi connectivity index (χ2v) is 2.17. The van der Waals surface area contributed by atoms with Crippen molar-refractivity contribution in [3.05, 3.63) is 29.8 Å². The van der Waals surface area contributed by atoms with Gasteiger partial charge in [0.2, 0.25) is 0 Å². The fraction of sp³-hybridized carbons (Fsp3) is 0.222. The van der Waals surface area contributed by atoms with Gasteiger partial charge in [0, 0.05) is 6.21 Å². The first-order valence-corrected chi connectivity index (χ1v) is 3.39. The van der Waals surface area contributed by atoms with Crippen LogP contribution in [0.15, 0.2) is 29.3 Å². The summed E-state index contributed by atoms with van der Waals surface area (Å²) in [6.45, 7) is 3.98. The van der Waals surface area contributed by atoms with Crippen molar-refractivity contribution in [1.82, 2.24) is 0 Å². The van der Waals surface area contributed by atoms with E-state index in [1.54, 1.807) is 0 Å². The van der Waals surface area contributed by atoms with Gasteiger partial charge in [0.1, 0.15) is 0 Å². The molecule has 0 spiro atoms. The molecule has 0 fully saturated rings.